The summed E-state index contributed by atoms with van der Waals surface area (Å²) in [7, 11) is 1.69. The van der Waals surface area contributed by atoms with E-state index < -0.39 is 11.9 Å². The van der Waals surface area contributed by atoms with Crippen molar-refractivity contribution >= 4 is 29.2 Å². The van der Waals surface area contributed by atoms with Gasteiger partial charge in [0.15, 0.2) is 0 Å². The summed E-state index contributed by atoms with van der Waals surface area (Å²) in [5, 5.41) is 12.3. The van der Waals surface area contributed by atoms with E-state index in [9.17, 15) is 14.3 Å². The first-order valence-corrected chi connectivity index (χ1v) is 7.87. The van der Waals surface area contributed by atoms with Gasteiger partial charge in [0.25, 0.3) is 0 Å². The molecule has 1 aromatic rings. The molecule has 0 radical (unpaired) electrons. The molecule has 0 heterocycles. The number of hydrogen-bond acceptors (Lipinski definition) is 2. The Bertz CT molecular complexity index is 565. The molecule has 4 nitrogen and oxygen atoms in total. The van der Waals surface area contributed by atoms with Crippen molar-refractivity contribution in [2.75, 3.05) is 13.6 Å². The predicted octanol–water partition coefficient (Wildman–Crippen LogP) is 3.61. The lowest BCUT2D eigenvalue weighted by atomic mass is 9.82. The Morgan fingerprint density at radius 3 is 2.68 bits per heavy atom. The number of carbonyl (C=O) groups excluding carboxylic acids is 1. The van der Waals surface area contributed by atoms with Crippen LogP contribution in [0.3, 0.4) is 0 Å². The van der Waals surface area contributed by atoms with E-state index in [1.807, 2.05) is 0 Å². The maximum atomic E-state index is 13.5. The molecule has 1 atom stereocenters. The minimum atomic E-state index is -0.570. The van der Waals surface area contributed by atoms with E-state index in [0.29, 0.717) is 23.0 Å². The molecule has 1 saturated carbocycles. The van der Waals surface area contributed by atoms with E-state index in [1.54, 1.807) is 18.9 Å². The molecule has 1 unspecified atom stereocenters. The summed E-state index contributed by atoms with van der Waals surface area (Å²) < 4.78 is 13.5. The van der Waals surface area contributed by atoms with Crippen LogP contribution in [0.4, 0.5) is 9.18 Å². The van der Waals surface area contributed by atoms with Crippen molar-refractivity contribution in [3.8, 4) is 0 Å². The fourth-order valence-corrected chi connectivity index (χ4v) is 3.11. The minimum absolute atomic E-state index is 0.0482. The Kier molecular flexibility index (Phi) is 5.53. The number of hydrogen-bond donors (Lipinski definition) is 2. The second-order valence-corrected chi connectivity index (χ2v) is 6.65. The molecule has 2 rings (SSSR count). The Labute approximate surface area is 139 Å². The SMILES string of the molecule is CC(NC(=O)N(C)CC1CC(O)C1)c1cc(F)c(Cl)cc1Cl. The highest BCUT2D eigenvalue weighted by Crippen LogP contribution is 2.29. The number of aliphatic hydroxyl groups is 1. The maximum Gasteiger partial charge on any atom is 0.317 e. The zero-order valence-corrected chi connectivity index (χ0v) is 14.0. The molecule has 1 aromatic carbocycles. The second-order valence-electron chi connectivity index (χ2n) is 5.83. The lowest BCUT2D eigenvalue weighted by molar-refractivity contribution is 0.0324. The van der Waals surface area contributed by atoms with Crippen molar-refractivity contribution in [2.24, 2.45) is 5.92 Å². The molecule has 0 aromatic heterocycles. The van der Waals surface area contributed by atoms with Gasteiger partial charge in [0.1, 0.15) is 5.82 Å². The van der Waals surface area contributed by atoms with Crippen molar-refractivity contribution in [3.05, 3.63) is 33.6 Å². The lowest BCUT2D eigenvalue weighted by Crippen LogP contribution is -2.44. The number of halogens is 3. The number of aliphatic hydroxyl groups excluding tert-OH is 1. The van der Waals surface area contributed by atoms with E-state index >= 15 is 0 Å². The van der Waals surface area contributed by atoms with Crippen LogP contribution < -0.4 is 5.32 Å². The van der Waals surface area contributed by atoms with Crippen LogP contribution in [-0.2, 0) is 0 Å². The van der Waals surface area contributed by atoms with Gasteiger partial charge in [-0.3, -0.25) is 0 Å². The molecule has 1 aliphatic carbocycles. The van der Waals surface area contributed by atoms with Gasteiger partial charge in [0, 0.05) is 18.6 Å². The average Bonchev–Trinajstić information content (AvgIpc) is 2.40. The van der Waals surface area contributed by atoms with E-state index in [4.69, 9.17) is 23.2 Å². The smallest absolute Gasteiger partial charge is 0.317 e. The van der Waals surface area contributed by atoms with Crippen molar-refractivity contribution in [3.63, 3.8) is 0 Å². The standard InChI is InChI=1S/C15H19Cl2FN2O2/c1-8(11-5-14(18)13(17)6-12(11)16)19-15(22)20(2)7-9-3-10(21)4-9/h5-6,8-10,21H,3-4,7H2,1-2H3,(H,19,22). The number of benzene rings is 1. The van der Waals surface area contributed by atoms with E-state index in [2.05, 4.69) is 5.32 Å². The zero-order valence-electron chi connectivity index (χ0n) is 12.4. The number of carbonyl (C=O) groups is 1. The maximum absolute atomic E-state index is 13.5. The first-order chi connectivity index (χ1) is 10.3. The molecule has 2 amide bonds. The topological polar surface area (TPSA) is 52.6 Å². The first-order valence-electron chi connectivity index (χ1n) is 7.12. The largest absolute Gasteiger partial charge is 0.393 e. The van der Waals surface area contributed by atoms with Crippen molar-refractivity contribution < 1.29 is 14.3 Å². The minimum Gasteiger partial charge on any atom is -0.393 e. The summed E-state index contributed by atoms with van der Waals surface area (Å²) in [6, 6.07) is 1.86. The average molecular weight is 349 g/mol. The first kappa shape index (κ1) is 17.3. The fourth-order valence-electron chi connectivity index (χ4n) is 2.56. The summed E-state index contributed by atoms with van der Waals surface area (Å²) >= 11 is 11.7. The molecule has 0 saturated heterocycles. The summed E-state index contributed by atoms with van der Waals surface area (Å²) in [5.74, 6) is -0.239. The monoisotopic (exact) mass is 348 g/mol. The van der Waals surface area contributed by atoms with Gasteiger partial charge >= 0.3 is 6.03 Å². The predicted molar refractivity (Wildman–Crippen MR) is 84.7 cm³/mol. The van der Waals surface area contributed by atoms with Gasteiger partial charge in [0.2, 0.25) is 0 Å². The van der Waals surface area contributed by atoms with Crippen LogP contribution >= 0.6 is 23.2 Å². The van der Waals surface area contributed by atoms with E-state index in [-0.39, 0.29) is 17.2 Å². The molecule has 7 heteroatoms. The van der Waals surface area contributed by atoms with Crippen LogP contribution in [0.5, 0.6) is 0 Å². The number of nitrogens with one attached hydrogen (secondary N) is 1. The van der Waals surface area contributed by atoms with Crippen molar-refractivity contribution in [1.82, 2.24) is 10.2 Å². The van der Waals surface area contributed by atoms with Crippen LogP contribution in [0.15, 0.2) is 12.1 Å². The number of nitrogens with zero attached hydrogens (tertiary/aromatic N) is 1. The number of rotatable bonds is 4. The van der Waals surface area contributed by atoms with Crippen LogP contribution in [0.2, 0.25) is 10.0 Å². The Morgan fingerprint density at radius 2 is 2.09 bits per heavy atom. The van der Waals surface area contributed by atoms with Gasteiger partial charge in [0.05, 0.1) is 17.2 Å². The van der Waals surface area contributed by atoms with E-state index in [1.165, 1.54) is 12.1 Å². The van der Waals surface area contributed by atoms with Crippen LogP contribution in [0, 0.1) is 11.7 Å². The van der Waals surface area contributed by atoms with Crippen LogP contribution in [-0.4, -0.2) is 35.7 Å². The van der Waals surface area contributed by atoms with Crippen molar-refractivity contribution in [1.29, 1.82) is 0 Å². The summed E-state index contributed by atoms with van der Waals surface area (Å²) in [6.07, 6.45) is 1.21. The third-order valence-corrected chi connectivity index (χ3v) is 4.55. The summed E-state index contributed by atoms with van der Waals surface area (Å²) in [6.45, 7) is 2.31. The molecule has 2 N–H and O–H groups in total. The highest BCUT2D eigenvalue weighted by atomic mass is 35.5. The van der Waals surface area contributed by atoms with Gasteiger partial charge in [-0.05, 0) is 43.4 Å². The molecule has 122 valence electrons. The molecule has 0 bridgehead atoms. The number of amides is 2. The summed E-state index contributed by atoms with van der Waals surface area (Å²) in [5.41, 5.74) is 0.476. The Balaban J connectivity index is 1.94. The number of urea groups is 1. The molecular weight excluding hydrogens is 330 g/mol. The zero-order chi connectivity index (χ0) is 16.4. The molecule has 1 fully saturated rings. The summed E-state index contributed by atoms with van der Waals surface area (Å²) in [4.78, 5) is 13.7. The highest BCUT2D eigenvalue weighted by molar-refractivity contribution is 6.35. The van der Waals surface area contributed by atoms with Crippen molar-refractivity contribution in [2.45, 2.75) is 31.9 Å². The Morgan fingerprint density at radius 1 is 1.45 bits per heavy atom. The van der Waals surface area contributed by atoms with Crippen LogP contribution in [0.1, 0.15) is 31.4 Å². The third kappa shape index (κ3) is 4.03. The van der Waals surface area contributed by atoms with Gasteiger partial charge in [-0.1, -0.05) is 23.2 Å². The molecular formula is C15H19Cl2FN2O2. The van der Waals surface area contributed by atoms with E-state index in [0.717, 1.165) is 12.8 Å². The van der Waals surface area contributed by atoms with Gasteiger partial charge < -0.3 is 15.3 Å². The molecule has 0 spiro atoms. The highest BCUT2D eigenvalue weighted by Gasteiger charge is 2.29. The van der Waals surface area contributed by atoms with Gasteiger partial charge in [-0.15, -0.1) is 0 Å². The second kappa shape index (κ2) is 7.02. The molecule has 1 aliphatic rings. The third-order valence-electron chi connectivity index (χ3n) is 3.94. The molecule has 0 aliphatic heterocycles. The van der Waals surface area contributed by atoms with Gasteiger partial charge in [-0.2, -0.15) is 0 Å². The normalized spacial score (nSPS) is 21.9. The van der Waals surface area contributed by atoms with Crippen LogP contribution in [0.25, 0.3) is 0 Å². The molecule has 22 heavy (non-hydrogen) atoms. The Hall–Kier alpha value is -1.04. The fraction of sp³-hybridized carbons (Fsp3) is 0.533. The lowest BCUT2D eigenvalue weighted by Gasteiger charge is -2.34. The van der Waals surface area contributed by atoms with Gasteiger partial charge in [-0.25, -0.2) is 9.18 Å². The quantitative estimate of drug-likeness (QED) is 0.816.